The van der Waals surface area contributed by atoms with E-state index in [1.54, 1.807) is 55.5 Å². The lowest BCUT2D eigenvalue weighted by atomic mass is 10.00. The molecule has 3 aromatic carbocycles. The zero-order valence-corrected chi connectivity index (χ0v) is 19.7. The first-order valence-corrected chi connectivity index (χ1v) is 11.5. The summed E-state index contributed by atoms with van der Waals surface area (Å²) in [7, 11) is 0. The lowest BCUT2D eigenvalue weighted by Crippen LogP contribution is -2.22. The van der Waals surface area contributed by atoms with E-state index in [0.717, 1.165) is 5.56 Å². The molecule has 37 heavy (non-hydrogen) atoms. The molecule has 4 N–H and O–H groups in total. The molecule has 0 unspecified atom stereocenters. The first-order chi connectivity index (χ1) is 17.9. The average Bonchev–Trinajstić information content (AvgIpc) is 3.40. The van der Waals surface area contributed by atoms with Gasteiger partial charge in [-0.1, -0.05) is 48.5 Å². The highest BCUT2D eigenvalue weighted by Gasteiger charge is 2.23. The van der Waals surface area contributed by atoms with Crippen LogP contribution < -0.4 is 10.6 Å². The number of aromatic amines is 1. The Kier molecular flexibility index (Phi) is 6.25. The Balaban J connectivity index is 1.56. The van der Waals surface area contributed by atoms with Gasteiger partial charge in [0, 0.05) is 16.5 Å². The van der Waals surface area contributed by atoms with Crippen LogP contribution in [0, 0.1) is 0 Å². The first kappa shape index (κ1) is 23.6. The fourth-order valence-electron chi connectivity index (χ4n) is 4.05. The number of imide groups is 1. The fraction of sp³-hybridized carbons (Fsp3) is 0.0714. The average molecular weight is 495 g/mol. The topological polar surface area (TPSA) is 133 Å². The van der Waals surface area contributed by atoms with Crippen molar-refractivity contribution in [2.24, 2.45) is 4.99 Å². The fourth-order valence-corrected chi connectivity index (χ4v) is 4.05. The smallest absolute Gasteiger partial charge is 0.338 e. The van der Waals surface area contributed by atoms with Crippen molar-refractivity contribution in [3.63, 3.8) is 0 Å². The second-order valence-corrected chi connectivity index (χ2v) is 8.21. The minimum absolute atomic E-state index is 0.0806. The van der Waals surface area contributed by atoms with Crippen molar-refractivity contribution in [1.29, 1.82) is 0 Å². The Bertz CT molecular complexity index is 1580. The quantitative estimate of drug-likeness (QED) is 0.136. The summed E-state index contributed by atoms with van der Waals surface area (Å²) in [6, 6.07) is 21.0. The van der Waals surface area contributed by atoms with Crippen LogP contribution in [0.15, 0.2) is 83.5 Å². The number of H-pyrrole nitrogens is 1. The van der Waals surface area contributed by atoms with Gasteiger partial charge < -0.3 is 20.1 Å². The molecule has 1 saturated heterocycles. The Hall–Kier alpha value is -5.18. The van der Waals surface area contributed by atoms with E-state index in [2.05, 4.69) is 15.6 Å². The van der Waals surface area contributed by atoms with Crippen molar-refractivity contribution < 1.29 is 24.2 Å². The van der Waals surface area contributed by atoms with Gasteiger partial charge in [-0.25, -0.2) is 14.6 Å². The third kappa shape index (κ3) is 4.83. The number of hydrogen-bond acceptors (Lipinski definition) is 6. The van der Waals surface area contributed by atoms with Gasteiger partial charge in [-0.3, -0.25) is 10.1 Å². The van der Waals surface area contributed by atoms with E-state index >= 15 is 0 Å². The maximum atomic E-state index is 12.2. The molecular formula is C28H22N4O5. The number of nitrogens with one attached hydrogen (secondary N) is 3. The Morgan fingerprint density at radius 1 is 0.973 bits per heavy atom. The number of aliphatic imine (C=N–C) groups is 1. The van der Waals surface area contributed by atoms with E-state index in [0.29, 0.717) is 39.0 Å². The molecule has 1 aliphatic heterocycles. The van der Waals surface area contributed by atoms with Crippen LogP contribution in [0.5, 0.6) is 5.88 Å². The van der Waals surface area contributed by atoms with Crippen LogP contribution in [-0.2, 0) is 9.53 Å². The van der Waals surface area contributed by atoms with E-state index < -0.39 is 17.9 Å². The molecule has 2 heterocycles. The number of aromatic nitrogens is 1. The molecule has 0 spiro atoms. The first-order valence-electron chi connectivity index (χ1n) is 11.5. The number of benzene rings is 3. The normalized spacial score (nSPS) is 14.6. The largest absolute Gasteiger partial charge is 0.494 e. The molecule has 3 amide bonds. The summed E-state index contributed by atoms with van der Waals surface area (Å²) < 4.78 is 5.09. The number of urea groups is 1. The molecule has 0 saturated carbocycles. The van der Waals surface area contributed by atoms with E-state index in [1.807, 2.05) is 30.3 Å². The van der Waals surface area contributed by atoms with Gasteiger partial charge in [0.15, 0.2) is 5.88 Å². The van der Waals surface area contributed by atoms with Crippen molar-refractivity contribution in [2.75, 3.05) is 6.61 Å². The lowest BCUT2D eigenvalue weighted by molar-refractivity contribution is -0.115. The summed E-state index contributed by atoms with van der Waals surface area (Å²) in [6.07, 6.45) is 1.57. The zero-order valence-electron chi connectivity index (χ0n) is 19.7. The predicted octanol–water partition coefficient (Wildman–Crippen LogP) is 4.40. The number of carbonyl (C=O) groups excluding carboxylic acids is 3. The number of fused-ring (bicyclic) bond motifs is 1. The molecule has 0 atom stereocenters. The molecule has 0 bridgehead atoms. The van der Waals surface area contributed by atoms with Crippen LogP contribution in [0.4, 0.5) is 10.5 Å². The number of amides is 3. The summed E-state index contributed by atoms with van der Waals surface area (Å²) in [4.78, 5) is 43.1. The van der Waals surface area contributed by atoms with E-state index in [1.165, 1.54) is 0 Å². The highest BCUT2D eigenvalue weighted by atomic mass is 16.5. The van der Waals surface area contributed by atoms with Gasteiger partial charge in [0.05, 0.1) is 29.1 Å². The number of hydrogen-bond donors (Lipinski definition) is 4. The predicted molar refractivity (Wildman–Crippen MR) is 139 cm³/mol. The minimum Gasteiger partial charge on any atom is -0.494 e. The standard InChI is InChI=1S/C28H22N4O5/c1-2-37-27(35)18-10-13-20-21(15-18)30-26(34)23(20)24(17-6-4-3-5-7-17)29-19-11-8-16(9-12-19)14-22-25(33)32-28(36)31-22/h3-15,30,34H,2H2,1H3,(H2,31,32,33,36). The van der Waals surface area contributed by atoms with Gasteiger partial charge in [-0.2, -0.15) is 0 Å². The molecule has 184 valence electrons. The molecule has 1 fully saturated rings. The van der Waals surface area contributed by atoms with Crippen molar-refractivity contribution in [3.05, 3.63) is 101 Å². The number of ether oxygens (including phenoxy) is 1. The van der Waals surface area contributed by atoms with Crippen molar-refractivity contribution in [2.45, 2.75) is 6.92 Å². The number of esters is 1. The number of rotatable bonds is 6. The van der Waals surface area contributed by atoms with Crippen molar-refractivity contribution in [3.8, 4) is 5.88 Å². The highest BCUT2D eigenvalue weighted by molar-refractivity contribution is 6.22. The van der Waals surface area contributed by atoms with Crippen LogP contribution >= 0.6 is 0 Å². The third-order valence-electron chi connectivity index (χ3n) is 5.74. The van der Waals surface area contributed by atoms with Crippen LogP contribution in [0.1, 0.15) is 34.0 Å². The monoisotopic (exact) mass is 494 g/mol. The van der Waals surface area contributed by atoms with Gasteiger partial charge in [-0.15, -0.1) is 0 Å². The number of nitrogens with zero attached hydrogens (tertiary/aromatic N) is 1. The summed E-state index contributed by atoms with van der Waals surface area (Å²) >= 11 is 0. The Morgan fingerprint density at radius 3 is 2.41 bits per heavy atom. The molecule has 5 rings (SSSR count). The summed E-state index contributed by atoms with van der Waals surface area (Å²) in [5, 5.41) is 16.2. The molecule has 0 radical (unpaired) electrons. The van der Waals surface area contributed by atoms with Gasteiger partial charge >= 0.3 is 12.0 Å². The van der Waals surface area contributed by atoms with Crippen molar-refractivity contribution >= 4 is 46.3 Å². The summed E-state index contributed by atoms with van der Waals surface area (Å²) in [6.45, 7) is 2.00. The summed E-state index contributed by atoms with van der Waals surface area (Å²) in [5.74, 6) is -1.01. The van der Waals surface area contributed by atoms with Gasteiger partial charge in [0.2, 0.25) is 0 Å². The third-order valence-corrected chi connectivity index (χ3v) is 5.74. The van der Waals surface area contributed by atoms with E-state index in [4.69, 9.17) is 9.73 Å². The molecule has 1 aliphatic rings. The molecule has 9 heteroatoms. The van der Waals surface area contributed by atoms with Gasteiger partial charge in [0.25, 0.3) is 5.91 Å². The molecular weight excluding hydrogens is 472 g/mol. The van der Waals surface area contributed by atoms with Crippen molar-refractivity contribution in [1.82, 2.24) is 15.6 Å². The highest BCUT2D eigenvalue weighted by Crippen LogP contribution is 2.32. The Morgan fingerprint density at radius 2 is 1.73 bits per heavy atom. The van der Waals surface area contributed by atoms with Crippen LogP contribution in [0.3, 0.4) is 0 Å². The number of carbonyl (C=O) groups is 3. The SMILES string of the molecule is CCOC(=O)c1ccc2c(C(=Nc3ccc(C=C4NC(=O)NC4=O)cc3)c3ccccc3)c(O)[nH]c2c1. The second kappa shape index (κ2) is 9.82. The Labute approximate surface area is 211 Å². The molecule has 4 aromatic rings. The number of aromatic hydroxyl groups is 1. The van der Waals surface area contributed by atoms with Gasteiger partial charge in [-0.05, 0) is 42.8 Å². The van der Waals surface area contributed by atoms with E-state index in [9.17, 15) is 19.5 Å². The second-order valence-electron chi connectivity index (χ2n) is 8.21. The minimum atomic E-state index is -0.558. The van der Waals surface area contributed by atoms with Crippen LogP contribution in [0.25, 0.3) is 17.0 Å². The maximum Gasteiger partial charge on any atom is 0.338 e. The van der Waals surface area contributed by atoms with Crippen LogP contribution in [-0.4, -0.2) is 40.3 Å². The molecule has 9 nitrogen and oxygen atoms in total. The molecule has 1 aromatic heterocycles. The zero-order chi connectivity index (χ0) is 25.9. The van der Waals surface area contributed by atoms with E-state index in [-0.39, 0.29) is 18.2 Å². The molecule has 0 aliphatic carbocycles. The van der Waals surface area contributed by atoms with Crippen LogP contribution in [0.2, 0.25) is 0 Å². The lowest BCUT2D eigenvalue weighted by Gasteiger charge is -2.08. The maximum absolute atomic E-state index is 12.2. The van der Waals surface area contributed by atoms with Gasteiger partial charge in [0.1, 0.15) is 5.70 Å². The summed E-state index contributed by atoms with van der Waals surface area (Å²) in [5.41, 5.74) is 4.22.